The summed E-state index contributed by atoms with van der Waals surface area (Å²) in [5.74, 6) is -0.664. The van der Waals surface area contributed by atoms with Crippen molar-refractivity contribution in [3.63, 3.8) is 0 Å². The van der Waals surface area contributed by atoms with Crippen LogP contribution in [0.1, 0.15) is 81.1 Å². The minimum Gasteiger partial charge on any atom is -0.393 e. The molecule has 6 aliphatic carbocycles. The van der Waals surface area contributed by atoms with Gasteiger partial charge in [0.05, 0.1) is 23.8 Å². The Morgan fingerprint density at radius 1 is 0.961 bits per heavy atom. The van der Waals surface area contributed by atoms with Crippen LogP contribution in [0.25, 0.3) is 0 Å². The number of aliphatic hydroxyl groups is 2. The molecule has 0 aliphatic heterocycles. The molecule has 274 valence electrons. The van der Waals surface area contributed by atoms with E-state index in [0.29, 0.717) is 69.4 Å². The molecule has 6 aliphatic rings. The van der Waals surface area contributed by atoms with E-state index in [0.717, 1.165) is 18.6 Å². The van der Waals surface area contributed by atoms with E-state index >= 15 is 0 Å². The first-order valence-corrected chi connectivity index (χ1v) is 18.3. The zero-order chi connectivity index (χ0) is 36.5. The number of allylic oxidation sites excluding steroid dienone is 4. The lowest BCUT2D eigenvalue weighted by molar-refractivity contribution is -0.174. The number of amides is 2. The summed E-state index contributed by atoms with van der Waals surface area (Å²) in [6, 6.07) is 13.5. The number of hydrogen-bond donors (Lipinski definition) is 3. The Balaban J connectivity index is 1.29. The van der Waals surface area contributed by atoms with E-state index < -0.39 is 45.5 Å². The van der Waals surface area contributed by atoms with Crippen LogP contribution in [0.4, 0.5) is 23.7 Å². The molecule has 51 heavy (non-hydrogen) atoms. The van der Waals surface area contributed by atoms with Crippen LogP contribution in [-0.2, 0) is 10.9 Å². The molecular formula is C41H49F3N2O5. The fourth-order valence-corrected chi connectivity index (χ4v) is 11.3. The van der Waals surface area contributed by atoms with Crippen molar-refractivity contribution in [3.05, 3.63) is 89.5 Å². The van der Waals surface area contributed by atoms with Crippen LogP contribution in [0.3, 0.4) is 0 Å². The summed E-state index contributed by atoms with van der Waals surface area (Å²) >= 11 is 0. The number of rotatable bonds is 9. The maximum atomic E-state index is 14.7. The number of urea groups is 1. The summed E-state index contributed by atoms with van der Waals surface area (Å²) in [4.78, 5) is 30.2. The topological polar surface area (TPSA) is 99.1 Å². The third-order valence-corrected chi connectivity index (χ3v) is 13.9. The number of carbonyl (C=O) groups excluding carboxylic acids is 2. The summed E-state index contributed by atoms with van der Waals surface area (Å²) in [7, 11) is 1.61. The largest absolute Gasteiger partial charge is 0.416 e. The second-order valence-electron chi connectivity index (χ2n) is 16.3. The van der Waals surface area contributed by atoms with Gasteiger partial charge in [-0.2, -0.15) is 13.2 Å². The summed E-state index contributed by atoms with van der Waals surface area (Å²) in [6.45, 7) is 5.25. The number of methoxy groups -OCH3 is 1. The van der Waals surface area contributed by atoms with E-state index in [9.17, 15) is 33.0 Å². The highest BCUT2D eigenvalue weighted by Gasteiger charge is 2.74. The lowest BCUT2D eigenvalue weighted by Crippen LogP contribution is -2.67. The maximum Gasteiger partial charge on any atom is 0.416 e. The highest BCUT2D eigenvalue weighted by Crippen LogP contribution is 2.78. The number of ketones is 1. The highest BCUT2D eigenvalue weighted by molar-refractivity contribution is 6.10. The van der Waals surface area contributed by atoms with Gasteiger partial charge in [0.2, 0.25) is 0 Å². The third kappa shape index (κ3) is 5.50. The van der Waals surface area contributed by atoms with Crippen LogP contribution >= 0.6 is 0 Å². The molecule has 8 atom stereocenters. The Bertz CT molecular complexity index is 1750. The van der Waals surface area contributed by atoms with Crippen molar-refractivity contribution in [1.82, 2.24) is 4.90 Å². The molecule has 7 nitrogen and oxygen atoms in total. The summed E-state index contributed by atoms with van der Waals surface area (Å²) in [5, 5.41) is 26.8. The molecule has 3 fully saturated rings. The van der Waals surface area contributed by atoms with Crippen molar-refractivity contribution in [2.75, 3.05) is 32.1 Å². The number of nitrogens with zero attached hydrogens (tertiary/aromatic N) is 1. The van der Waals surface area contributed by atoms with Gasteiger partial charge in [0.25, 0.3) is 0 Å². The Labute approximate surface area is 297 Å². The molecular weight excluding hydrogens is 657 g/mol. The van der Waals surface area contributed by atoms with E-state index in [2.05, 4.69) is 31.3 Å². The smallest absolute Gasteiger partial charge is 0.393 e. The molecule has 0 radical (unpaired) electrons. The Kier molecular flexibility index (Phi) is 8.87. The maximum absolute atomic E-state index is 14.7. The monoisotopic (exact) mass is 706 g/mol. The number of carbonyl (C=O) groups is 2. The first-order valence-electron chi connectivity index (χ1n) is 18.3. The second-order valence-corrected chi connectivity index (χ2v) is 16.3. The standard InChI is InChI=1S/C41H49F3N2O5/c1-36-16-13-30(47)24-38(36)19-20-40(31(25-38)34(48)27-9-7-10-28(23-27)41(42,43)44)32(36)14-17-37(2)33(40)15-18-39(37,50)26-46(21-8-22-51-3)35(49)45-29-11-5-4-6-12-29/h4-7,9-12,19-20,23,25,30,32-33,47,50H,8,13-18,21-22,24,26H2,1-3H3,(H,45,49). The number of para-hydroxylation sites is 1. The van der Waals surface area contributed by atoms with Crippen molar-refractivity contribution in [2.45, 2.75) is 83.1 Å². The lowest BCUT2D eigenvalue weighted by Gasteiger charge is -2.71. The summed E-state index contributed by atoms with van der Waals surface area (Å²) in [6.07, 6.45) is 5.94. The Morgan fingerprint density at radius 2 is 1.67 bits per heavy atom. The SMILES string of the molecule is COCCCN(CC1(O)CCC2C34C=CC5(C=C3C(=O)c3cccc(C(F)(F)F)c3)CC(O)CCC5(C)C4CCC21C)C(=O)Nc1ccccc1. The molecule has 2 bridgehead atoms. The van der Waals surface area contributed by atoms with Crippen LogP contribution in [-0.4, -0.2) is 65.4 Å². The molecule has 8 unspecified atom stereocenters. The van der Waals surface area contributed by atoms with Gasteiger partial charge in [0.15, 0.2) is 5.78 Å². The van der Waals surface area contributed by atoms with Crippen LogP contribution in [0.15, 0.2) is 78.4 Å². The molecule has 3 N–H and O–H groups in total. The predicted octanol–water partition coefficient (Wildman–Crippen LogP) is 8.05. The average molecular weight is 707 g/mol. The van der Waals surface area contributed by atoms with Crippen LogP contribution in [0, 0.1) is 33.5 Å². The number of benzene rings is 2. The number of ether oxygens (including phenoxy) is 1. The van der Waals surface area contributed by atoms with Crippen LogP contribution in [0.5, 0.6) is 0 Å². The molecule has 2 amide bonds. The van der Waals surface area contributed by atoms with Gasteiger partial charge >= 0.3 is 12.2 Å². The summed E-state index contributed by atoms with van der Waals surface area (Å²) in [5.41, 5.74) is -3.52. The van der Waals surface area contributed by atoms with E-state index in [1.807, 2.05) is 36.4 Å². The first-order chi connectivity index (χ1) is 24.1. The molecule has 8 rings (SSSR count). The number of halogens is 3. The Hall–Kier alpha value is -3.47. The molecule has 0 aromatic heterocycles. The van der Waals surface area contributed by atoms with Gasteiger partial charge in [-0.15, -0.1) is 0 Å². The van der Waals surface area contributed by atoms with Gasteiger partial charge in [-0.25, -0.2) is 4.79 Å². The molecule has 0 saturated heterocycles. The number of alkyl halides is 3. The van der Waals surface area contributed by atoms with Crippen molar-refractivity contribution in [3.8, 4) is 0 Å². The number of Topliss-reactive ketones (excluding diaryl/α,β-unsaturated/α-hetero) is 1. The zero-order valence-corrected chi connectivity index (χ0v) is 29.6. The number of aliphatic hydroxyl groups excluding tert-OH is 1. The molecule has 0 heterocycles. The zero-order valence-electron chi connectivity index (χ0n) is 29.6. The summed E-state index contributed by atoms with van der Waals surface area (Å²) < 4.78 is 46.9. The number of anilines is 1. The quantitative estimate of drug-likeness (QED) is 0.139. The number of hydrogen-bond acceptors (Lipinski definition) is 5. The lowest BCUT2D eigenvalue weighted by atomic mass is 9.32. The van der Waals surface area contributed by atoms with E-state index in [4.69, 9.17) is 4.74 Å². The first kappa shape index (κ1) is 35.9. The van der Waals surface area contributed by atoms with E-state index in [-0.39, 0.29) is 35.4 Å². The molecule has 2 aromatic carbocycles. The van der Waals surface area contributed by atoms with Crippen molar-refractivity contribution in [2.24, 2.45) is 33.5 Å². The minimum absolute atomic E-state index is 0.0120. The van der Waals surface area contributed by atoms with Gasteiger partial charge < -0.3 is 25.2 Å². The van der Waals surface area contributed by atoms with Gasteiger partial charge in [0, 0.05) is 53.3 Å². The van der Waals surface area contributed by atoms with Crippen molar-refractivity contribution >= 4 is 17.5 Å². The van der Waals surface area contributed by atoms with E-state index in [1.165, 1.54) is 12.1 Å². The molecule has 2 aromatic rings. The van der Waals surface area contributed by atoms with E-state index in [1.54, 1.807) is 12.0 Å². The predicted molar refractivity (Wildman–Crippen MR) is 188 cm³/mol. The third-order valence-electron chi connectivity index (χ3n) is 13.9. The normalized spacial score (nSPS) is 36.5. The van der Waals surface area contributed by atoms with Crippen molar-refractivity contribution in [1.29, 1.82) is 0 Å². The van der Waals surface area contributed by atoms with Gasteiger partial charge in [-0.1, -0.05) is 62.4 Å². The molecule has 10 heteroatoms. The molecule has 3 saturated carbocycles. The van der Waals surface area contributed by atoms with Gasteiger partial charge in [-0.3, -0.25) is 4.79 Å². The van der Waals surface area contributed by atoms with Crippen molar-refractivity contribution < 1.29 is 37.7 Å². The fourth-order valence-electron chi connectivity index (χ4n) is 11.3. The fraction of sp³-hybridized carbons (Fsp3) is 0.561. The second kappa shape index (κ2) is 12.6. The molecule has 2 spiro atoms. The minimum atomic E-state index is -4.60. The number of nitrogens with one attached hydrogen (secondary N) is 1. The van der Waals surface area contributed by atoms with Crippen LogP contribution in [0.2, 0.25) is 0 Å². The highest BCUT2D eigenvalue weighted by atomic mass is 19.4. The average Bonchev–Trinajstić information content (AvgIpc) is 3.37. The number of fused-ring (bicyclic) bond motifs is 1. The van der Waals surface area contributed by atoms with Gasteiger partial charge in [0.1, 0.15) is 0 Å². The van der Waals surface area contributed by atoms with Crippen LogP contribution < -0.4 is 5.32 Å². The van der Waals surface area contributed by atoms with Gasteiger partial charge in [-0.05, 0) is 92.9 Å². The Morgan fingerprint density at radius 3 is 2.39 bits per heavy atom.